The number of aliphatic imine (C=N–C) groups is 1. The minimum atomic E-state index is 0. The maximum Gasteiger partial charge on any atom is 0.191 e. The van der Waals surface area contributed by atoms with Crippen molar-refractivity contribution in [2.45, 2.75) is 58.4 Å². The van der Waals surface area contributed by atoms with Crippen molar-refractivity contribution in [3.63, 3.8) is 0 Å². The molecule has 2 aliphatic rings. The lowest BCUT2D eigenvalue weighted by atomic mass is 9.67. The Morgan fingerprint density at radius 1 is 1.33 bits per heavy atom. The number of likely N-dealkylation sites (tertiary alicyclic amines) is 1. The van der Waals surface area contributed by atoms with Crippen molar-refractivity contribution in [3.05, 3.63) is 16.1 Å². The van der Waals surface area contributed by atoms with Crippen LogP contribution >= 0.6 is 35.3 Å². The van der Waals surface area contributed by atoms with E-state index in [1.807, 2.05) is 7.05 Å². The number of thiazole rings is 1. The summed E-state index contributed by atoms with van der Waals surface area (Å²) in [7, 11) is 3.67. The number of nitrogens with zero attached hydrogens (tertiary/aromatic N) is 3. The van der Waals surface area contributed by atoms with Crippen molar-refractivity contribution in [2.24, 2.45) is 16.3 Å². The summed E-state index contributed by atoms with van der Waals surface area (Å²) in [6.07, 6.45) is 8.62. The molecule has 30 heavy (non-hydrogen) atoms. The van der Waals surface area contributed by atoms with Gasteiger partial charge in [0, 0.05) is 45.8 Å². The number of rotatable bonds is 10. The number of guanidine groups is 1. The topological polar surface area (TPSA) is 61.8 Å². The first-order valence-corrected chi connectivity index (χ1v) is 12.1. The van der Waals surface area contributed by atoms with Crippen LogP contribution < -0.4 is 10.6 Å². The van der Waals surface area contributed by atoms with Gasteiger partial charge in [-0.05, 0) is 62.9 Å². The molecule has 0 amide bonds. The average Bonchev–Trinajstić information content (AvgIpc) is 3.17. The van der Waals surface area contributed by atoms with E-state index in [1.165, 1.54) is 42.8 Å². The number of halogens is 1. The maximum atomic E-state index is 5.31. The molecule has 1 saturated heterocycles. The molecule has 0 aromatic carbocycles. The van der Waals surface area contributed by atoms with Crippen LogP contribution in [0, 0.1) is 11.3 Å². The summed E-state index contributed by atoms with van der Waals surface area (Å²) in [5.41, 5.74) is 1.65. The van der Waals surface area contributed by atoms with Crippen LogP contribution in [0.25, 0.3) is 0 Å². The molecular weight excluding hydrogens is 509 g/mol. The van der Waals surface area contributed by atoms with Gasteiger partial charge >= 0.3 is 0 Å². The lowest BCUT2D eigenvalue weighted by molar-refractivity contribution is 0.0732. The standard InChI is InChI=1S/C22H39N5OS.HI/c1-4-20-26-19(16-29-20)15-27-11-6-18(7-12-27)14-24-21(23-2)25-17-22(8-5-9-22)10-13-28-3;/h16,18H,4-15,17H2,1-3H3,(H2,23,24,25);1H. The van der Waals surface area contributed by atoms with Crippen molar-refractivity contribution in [2.75, 3.05) is 46.9 Å². The lowest BCUT2D eigenvalue weighted by Gasteiger charge is -2.42. The van der Waals surface area contributed by atoms with E-state index in [0.29, 0.717) is 5.41 Å². The Bertz CT molecular complexity index is 641. The minimum absolute atomic E-state index is 0. The van der Waals surface area contributed by atoms with Gasteiger partial charge in [-0.15, -0.1) is 35.3 Å². The number of ether oxygens (including phenoxy) is 1. The second-order valence-corrected chi connectivity index (χ2v) is 9.65. The predicted octanol–water partition coefficient (Wildman–Crippen LogP) is 3.91. The molecule has 1 aliphatic heterocycles. The molecule has 1 aliphatic carbocycles. The van der Waals surface area contributed by atoms with E-state index in [0.717, 1.165) is 64.0 Å². The highest BCUT2D eigenvalue weighted by atomic mass is 127. The number of piperidine rings is 1. The average molecular weight is 550 g/mol. The van der Waals surface area contributed by atoms with Gasteiger partial charge in [0.25, 0.3) is 0 Å². The Morgan fingerprint density at radius 3 is 2.67 bits per heavy atom. The van der Waals surface area contributed by atoms with E-state index in [1.54, 1.807) is 18.4 Å². The molecule has 0 radical (unpaired) electrons. The van der Waals surface area contributed by atoms with Gasteiger partial charge < -0.3 is 15.4 Å². The number of methoxy groups -OCH3 is 1. The largest absolute Gasteiger partial charge is 0.385 e. The number of aromatic nitrogens is 1. The molecule has 2 N–H and O–H groups in total. The van der Waals surface area contributed by atoms with Crippen molar-refractivity contribution >= 4 is 41.3 Å². The Hall–Kier alpha value is -0.450. The quantitative estimate of drug-likeness (QED) is 0.263. The normalized spacial score (nSPS) is 19.8. The first-order chi connectivity index (χ1) is 14.2. The molecule has 2 fully saturated rings. The fourth-order valence-corrected chi connectivity index (χ4v) is 5.14. The van der Waals surface area contributed by atoms with Crippen LogP contribution in [-0.4, -0.2) is 62.8 Å². The third kappa shape index (κ3) is 7.60. The molecule has 1 aromatic rings. The highest BCUT2D eigenvalue weighted by Crippen LogP contribution is 2.43. The summed E-state index contributed by atoms with van der Waals surface area (Å²) < 4.78 is 5.31. The minimum Gasteiger partial charge on any atom is -0.385 e. The monoisotopic (exact) mass is 549 g/mol. The van der Waals surface area contributed by atoms with E-state index in [4.69, 9.17) is 9.72 Å². The fourth-order valence-electron chi connectivity index (χ4n) is 4.41. The third-order valence-corrected chi connectivity index (χ3v) is 7.70. The van der Waals surface area contributed by atoms with Crippen LogP contribution in [0.5, 0.6) is 0 Å². The van der Waals surface area contributed by atoms with Crippen LogP contribution in [0.3, 0.4) is 0 Å². The van der Waals surface area contributed by atoms with Gasteiger partial charge in [0.1, 0.15) is 0 Å². The summed E-state index contributed by atoms with van der Waals surface area (Å²) in [6, 6.07) is 0. The Balaban J connectivity index is 0.00000320. The van der Waals surface area contributed by atoms with Gasteiger partial charge in [-0.25, -0.2) is 4.98 Å². The van der Waals surface area contributed by atoms with Gasteiger partial charge in [0.05, 0.1) is 10.7 Å². The fraction of sp³-hybridized carbons (Fsp3) is 0.818. The van der Waals surface area contributed by atoms with Gasteiger partial charge in [0.2, 0.25) is 0 Å². The SMILES string of the molecule is CCc1nc(CN2CCC(CNC(=NC)NCC3(CCOC)CCC3)CC2)cs1.I. The van der Waals surface area contributed by atoms with E-state index in [9.17, 15) is 0 Å². The molecule has 1 aromatic heterocycles. The summed E-state index contributed by atoms with van der Waals surface area (Å²) in [4.78, 5) is 11.7. The Labute approximate surface area is 203 Å². The molecular formula is C22H40IN5OS. The van der Waals surface area contributed by atoms with Crippen LogP contribution in [0.2, 0.25) is 0 Å². The second kappa shape index (κ2) is 13.2. The van der Waals surface area contributed by atoms with Crippen molar-refractivity contribution in [1.29, 1.82) is 0 Å². The van der Waals surface area contributed by atoms with E-state index >= 15 is 0 Å². The van der Waals surface area contributed by atoms with Gasteiger partial charge in [-0.2, -0.15) is 0 Å². The zero-order valence-electron chi connectivity index (χ0n) is 18.9. The Kier molecular flexibility index (Phi) is 11.3. The molecule has 6 nitrogen and oxygen atoms in total. The first kappa shape index (κ1) is 25.8. The van der Waals surface area contributed by atoms with Gasteiger partial charge in [0.15, 0.2) is 5.96 Å². The first-order valence-electron chi connectivity index (χ1n) is 11.3. The molecule has 8 heteroatoms. The molecule has 172 valence electrons. The van der Waals surface area contributed by atoms with Crippen molar-refractivity contribution in [1.82, 2.24) is 20.5 Å². The lowest BCUT2D eigenvalue weighted by Crippen LogP contribution is -2.48. The summed E-state index contributed by atoms with van der Waals surface area (Å²) in [5, 5.41) is 10.6. The molecule has 3 rings (SSSR count). The molecule has 0 unspecified atom stereocenters. The predicted molar refractivity (Wildman–Crippen MR) is 137 cm³/mol. The third-order valence-electron chi connectivity index (χ3n) is 6.66. The summed E-state index contributed by atoms with van der Waals surface area (Å²) in [5.74, 6) is 1.67. The molecule has 0 atom stereocenters. The smallest absolute Gasteiger partial charge is 0.191 e. The zero-order chi connectivity index (χ0) is 20.5. The number of aryl methyl sites for hydroxylation is 1. The second-order valence-electron chi connectivity index (χ2n) is 8.71. The number of nitrogens with one attached hydrogen (secondary N) is 2. The van der Waals surface area contributed by atoms with E-state index < -0.39 is 0 Å². The molecule has 2 heterocycles. The van der Waals surface area contributed by atoms with Crippen molar-refractivity contribution < 1.29 is 4.74 Å². The summed E-state index contributed by atoms with van der Waals surface area (Å²) >= 11 is 1.79. The number of hydrogen-bond donors (Lipinski definition) is 2. The maximum absolute atomic E-state index is 5.31. The number of hydrogen-bond acceptors (Lipinski definition) is 5. The van der Waals surface area contributed by atoms with Gasteiger partial charge in [-0.3, -0.25) is 9.89 Å². The van der Waals surface area contributed by atoms with E-state index in [2.05, 4.69) is 32.8 Å². The summed E-state index contributed by atoms with van der Waals surface area (Å²) in [6.45, 7) is 8.37. The van der Waals surface area contributed by atoms with Crippen molar-refractivity contribution in [3.8, 4) is 0 Å². The zero-order valence-corrected chi connectivity index (χ0v) is 22.1. The van der Waals surface area contributed by atoms with Crippen LogP contribution in [0.4, 0.5) is 0 Å². The van der Waals surface area contributed by atoms with E-state index in [-0.39, 0.29) is 24.0 Å². The highest BCUT2D eigenvalue weighted by molar-refractivity contribution is 14.0. The Morgan fingerprint density at radius 2 is 2.10 bits per heavy atom. The van der Waals surface area contributed by atoms with Crippen LogP contribution in [-0.2, 0) is 17.7 Å². The highest BCUT2D eigenvalue weighted by Gasteiger charge is 2.36. The van der Waals surface area contributed by atoms with Crippen LogP contribution in [0.15, 0.2) is 10.4 Å². The van der Waals surface area contributed by atoms with Crippen LogP contribution in [0.1, 0.15) is 56.2 Å². The molecule has 0 bridgehead atoms. The van der Waals surface area contributed by atoms with Gasteiger partial charge in [-0.1, -0.05) is 13.3 Å². The molecule has 0 spiro atoms. The molecule has 1 saturated carbocycles.